The first-order valence-electron chi connectivity index (χ1n) is 8.35. The normalized spacial score (nSPS) is 9.86. The Hall–Kier alpha value is -3.11. The minimum absolute atomic E-state index is 0. The molecule has 0 unspecified atom stereocenters. The fourth-order valence-corrected chi connectivity index (χ4v) is 2.68. The van der Waals surface area contributed by atoms with Gasteiger partial charge in [-0.2, -0.15) is 0 Å². The highest BCUT2D eigenvalue weighted by atomic mass is 35.5. The maximum absolute atomic E-state index is 12.3. The number of H-pyrrole nitrogens is 1. The summed E-state index contributed by atoms with van der Waals surface area (Å²) < 4.78 is 3.30. The van der Waals surface area contributed by atoms with Crippen LogP contribution in [0.5, 0.6) is 0 Å². The highest BCUT2D eigenvalue weighted by Gasteiger charge is 2.15. The minimum Gasteiger partial charge on any atom is -0.397 e. The molecule has 158 valence electrons. The maximum Gasteiger partial charge on any atom is 0.272 e. The summed E-state index contributed by atoms with van der Waals surface area (Å²) in [5.74, 6) is 0.117. The van der Waals surface area contributed by atoms with E-state index in [1.165, 1.54) is 0 Å². The van der Waals surface area contributed by atoms with Gasteiger partial charge in [-0.25, -0.2) is 4.98 Å². The molecule has 0 saturated heterocycles. The molecule has 3 aromatic rings. The van der Waals surface area contributed by atoms with Gasteiger partial charge in [0, 0.05) is 52.0 Å². The monoisotopic (exact) mass is 442 g/mol. The van der Waals surface area contributed by atoms with Gasteiger partial charge in [0.2, 0.25) is 0 Å². The molecule has 10 nitrogen and oxygen atoms in total. The van der Waals surface area contributed by atoms with E-state index in [1.807, 2.05) is 0 Å². The number of hydrogen-bond donors (Lipinski definition) is 5. The van der Waals surface area contributed by atoms with Crippen LogP contribution in [0, 0.1) is 0 Å². The van der Waals surface area contributed by atoms with Gasteiger partial charge < -0.3 is 35.8 Å². The molecule has 6 N–H and O–H groups in total. The second-order valence-corrected chi connectivity index (χ2v) is 6.07. The smallest absolute Gasteiger partial charge is 0.272 e. The Kier molecular flexibility index (Phi) is 8.61. The van der Waals surface area contributed by atoms with Crippen molar-refractivity contribution >= 4 is 54.0 Å². The van der Waals surface area contributed by atoms with Gasteiger partial charge in [0.05, 0.1) is 11.4 Å². The van der Waals surface area contributed by atoms with Gasteiger partial charge >= 0.3 is 0 Å². The third-order valence-corrected chi connectivity index (χ3v) is 3.96. The van der Waals surface area contributed by atoms with E-state index in [9.17, 15) is 9.59 Å². The van der Waals surface area contributed by atoms with Crippen molar-refractivity contribution in [3.05, 3.63) is 48.3 Å². The molecule has 12 heteroatoms. The molecule has 0 spiro atoms. The standard InChI is InChI=1S/C17H22N8O2.2ClH/c1-24-9-11(18)7-13(24)16(27)23-12-8-14(25(2)10-12)15(26)19-3-4-20-17-21-5-6-22-17;;/h5-10H,3-4,18H2,1-2H3,(H,19,26)(H,23,27)(H2,20,21,22);2*1H. The summed E-state index contributed by atoms with van der Waals surface area (Å²) in [6, 6.07) is 3.22. The highest BCUT2D eigenvalue weighted by molar-refractivity contribution is 6.04. The van der Waals surface area contributed by atoms with E-state index in [2.05, 4.69) is 25.9 Å². The lowest BCUT2D eigenvalue weighted by Crippen LogP contribution is -2.30. The van der Waals surface area contributed by atoms with E-state index in [0.29, 0.717) is 41.8 Å². The second-order valence-electron chi connectivity index (χ2n) is 6.07. The number of anilines is 3. The average Bonchev–Trinajstić information content (AvgIpc) is 3.32. The first-order valence-corrected chi connectivity index (χ1v) is 8.35. The van der Waals surface area contributed by atoms with Crippen molar-refractivity contribution in [3.8, 4) is 0 Å². The lowest BCUT2D eigenvalue weighted by molar-refractivity contribution is 0.0946. The summed E-state index contributed by atoms with van der Waals surface area (Å²) in [5, 5.41) is 8.63. The summed E-state index contributed by atoms with van der Waals surface area (Å²) in [5.41, 5.74) is 7.62. The average molecular weight is 443 g/mol. The number of aromatic amines is 1. The van der Waals surface area contributed by atoms with Crippen molar-refractivity contribution in [2.24, 2.45) is 14.1 Å². The molecule has 0 fully saturated rings. The summed E-state index contributed by atoms with van der Waals surface area (Å²) >= 11 is 0. The molecule has 29 heavy (non-hydrogen) atoms. The number of rotatable bonds is 7. The van der Waals surface area contributed by atoms with Crippen molar-refractivity contribution in [3.63, 3.8) is 0 Å². The predicted octanol–water partition coefficient (Wildman–Crippen LogP) is 1.61. The van der Waals surface area contributed by atoms with Crippen LogP contribution in [0.1, 0.15) is 21.0 Å². The lowest BCUT2D eigenvalue weighted by atomic mass is 10.3. The Morgan fingerprint density at radius 3 is 2.38 bits per heavy atom. The van der Waals surface area contributed by atoms with Crippen LogP contribution in [0.25, 0.3) is 0 Å². The molecule has 0 aliphatic heterocycles. The number of nitrogens with zero attached hydrogens (tertiary/aromatic N) is 3. The molecular weight excluding hydrogens is 419 g/mol. The van der Waals surface area contributed by atoms with E-state index in [0.717, 1.165) is 0 Å². The first kappa shape index (κ1) is 23.9. The summed E-state index contributed by atoms with van der Waals surface area (Å²) in [4.78, 5) is 31.6. The summed E-state index contributed by atoms with van der Waals surface area (Å²) in [6.45, 7) is 0.956. The largest absolute Gasteiger partial charge is 0.397 e. The van der Waals surface area contributed by atoms with Crippen molar-refractivity contribution in [2.45, 2.75) is 0 Å². The Morgan fingerprint density at radius 2 is 1.76 bits per heavy atom. The third-order valence-electron chi connectivity index (χ3n) is 3.96. The van der Waals surface area contributed by atoms with Gasteiger partial charge in [-0.15, -0.1) is 24.8 Å². The van der Waals surface area contributed by atoms with Gasteiger partial charge in [0.25, 0.3) is 11.8 Å². The number of carbonyl (C=O) groups is 2. The molecule has 3 heterocycles. The third kappa shape index (κ3) is 5.93. The zero-order valence-electron chi connectivity index (χ0n) is 15.9. The molecule has 0 saturated carbocycles. The number of nitrogens with one attached hydrogen (secondary N) is 4. The van der Waals surface area contributed by atoms with Crippen LogP contribution in [0.4, 0.5) is 17.3 Å². The number of halogens is 2. The molecule has 0 atom stereocenters. The summed E-state index contributed by atoms with van der Waals surface area (Å²) in [7, 11) is 3.48. The Morgan fingerprint density at radius 1 is 1.07 bits per heavy atom. The molecule has 3 aromatic heterocycles. The van der Waals surface area contributed by atoms with E-state index in [-0.39, 0.29) is 36.6 Å². The molecule has 0 aliphatic rings. The topological polar surface area (TPSA) is 135 Å². The van der Waals surface area contributed by atoms with E-state index >= 15 is 0 Å². The van der Waals surface area contributed by atoms with Crippen LogP contribution < -0.4 is 21.7 Å². The molecule has 0 radical (unpaired) electrons. The van der Waals surface area contributed by atoms with Crippen LogP contribution in [-0.4, -0.2) is 44.0 Å². The Balaban J connectivity index is 0.00000210. The molecule has 3 rings (SSSR count). The van der Waals surface area contributed by atoms with Crippen molar-refractivity contribution in [2.75, 3.05) is 29.5 Å². The molecule has 2 amide bonds. The quantitative estimate of drug-likeness (QED) is 0.354. The van der Waals surface area contributed by atoms with Crippen LogP contribution in [0.2, 0.25) is 0 Å². The van der Waals surface area contributed by atoms with Crippen LogP contribution in [-0.2, 0) is 14.1 Å². The van der Waals surface area contributed by atoms with Crippen molar-refractivity contribution in [1.29, 1.82) is 0 Å². The number of imidazole rings is 1. The van der Waals surface area contributed by atoms with Gasteiger partial charge in [-0.3, -0.25) is 9.59 Å². The van der Waals surface area contributed by atoms with Crippen LogP contribution >= 0.6 is 24.8 Å². The van der Waals surface area contributed by atoms with E-state index in [4.69, 9.17) is 5.73 Å². The van der Waals surface area contributed by atoms with Crippen molar-refractivity contribution < 1.29 is 9.59 Å². The minimum atomic E-state index is -0.297. The number of amides is 2. The number of aryl methyl sites for hydroxylation is 2. The fraction of sp³-hybridized carbons (Fsp3) is 0.235. The van der Waals surface area contributed by atoms with Gasteiger partial charge in [0.15, 0.2) is 5.95 Å². The van der Waals surface area contributed by atoms with E-state index in [1.54, 1.807) is 60.1 Å². The Labute approximate surface area is 180 Å². The van der Waals surface area contributed by atoms with Crippen molar-refractivity contribution in [1.82, 2.24) is 24.4 Å². The van der Waals surface area contributed by atoms with Gasteiger partial charge in [-0.1, -0.05) is 0 Å². The molecule has 0 aliphatic carbocycles. The second kappa shape index (κ2) is 10.4. The van der Waals surface area contributed by atoms with Gasteiger partial charge in [0.1, 0.15) is 11.4 Å². The zero-order valence-corrected chi connectivity index (χ0v) is 17.6. The maximum atomic E-state index is 12.3. The number of carbonyl (C=O) groups excluding carboxylic acids is 2. The number of nitrogen functional groups attached to an aromatic ring is 1. The zero-order chi connectivity index (χ0) is 19.4. The highest BCUT2D eigenvalue weighted by Crippen LogP contribution is 2.16. The van der Waals surface area contributed by atoms with Crippen LogP contribution in [0.3, 0.4) is 0 Å². The lowest BCUT2D eigenvalue weighted by Gasteiger charge is -2.06. The predicted molar refractivity (Wildman–Crippen MR) is 117 cm³/mol. The Bertz CT molecular complexity index is 949. The van der Waals surface area contributed by atoms with Gasteiger partial charge in [-0.05, 0) is 12.1 Å². The van der Waals surface area contributed by atoms with Crippen LogP contribution in [0.15, 0.2) is 36.9 Å². The summed E-state index contributed by atoms with van der Waals surface area (Å²) in [6.07, 6.45) is 6.70. The fourth-order valence-electron chi connectivity index (χ4n) is 2.68. The number of hydrogen-bond acceptors (Lipinski definition) is 5. The molecular formula is C17H24Cl2N8O2. The first-order chi connectivity index (χ1) is 12.9. The molecule has 0 aromatic carbocycles. The number of nitrogens with two attached hydrogens (primary N) is 1. The SMILES string of the molecule is Cl.Cl.Cn1cc(NC(=O)c2cc(N)cn2C)cc1C(=O)NCCNc1ncc[nH]1. The molecule has 0 bridgehead atoms. The van der Waals surface area contributed by atoms with E-state index < -0.39 is 0 Å². The number of aromatic nitrogens is 4.